The number of nitrogens with one attached hydrogen (secondary N) is 2. The zero-order valence-electron chi connectivity index (χ0n) is 11.2. The van der Waals surface area contributed by atoms with E-state index in [1.165, 1.54) is 0 Å². The van der Waals surface area contributed by atoms with E-state index in [1.807, 2.05) is 0 Å². The molecule has 6 nitrogen and oxygen atoms in total. The van der Waals surface area contributed by atoms with E-state index in [9.17, 15) is 9.59 Å². The average Bonchev–Trinajstić information content (AvgIpc) is 3.17. The fourth-order valence-electron chi connectivity index (χ4n) is 2.15. The van der Waals surface area contributed by atoms with Gasteiger partial charge in [-0.25, -0.2) is 4.79 Å². The van der Waals surface area contributed by atoms with Gasteiger partial charge in [0.1, 0.15) is 0 Å². The van der Waals surface area contributed by atoms with E-state index in [4.69, 9.17) is 10.8 Å². The molecule has 3 amide bonds. The molecule has 0 unspecified atom stereocenters. The van der Waals surface area contributed by atoms with E-state index in [2.05, 4.69) is 10.6 Å². The Labute approximate surface area is 117 Å². The first-order valence-corrected chi connectivity index (χ1v) is 6.60. The number of amides is 3. The van der Waals surface area contributed by atoms with Crippen molar-refractivity contribution in [2.75, 3.05) is 18.5 Å². The van der Waals surface area contributed by atoms with E-state index >= 15 is 0 Å². The van der Waals surface area contributed by atoms with Crippen LogP contribution < -0.4 is 16.4 Å². The predicted molar refractivity (Wildman–Crippen MR) is 75.4 cm³/mol. The number of hydrogen-bond acceptors (Lipinski definition) is 3. The molecule has 1 saturated carbocycles. The molecule has 0 saturated heterocycles. The predicted octanol–water partition coefficient (Wildman–Crippen LogP) is 1.07. The van der Waals surface area contributed by atoms with E-state index in [0.29, 0.717) is 17.8 Å². The Kier molecular flexibility index (Phi) is 4.24. The minimum Gasteiger partial charge on any atom is -0.396 e. The van der Waals surface area contributed by atoms with E-state index < -0.39 is 6.03 Å². The van der Waals surface area contributed by atoms with Gasteiger partial charge < -0.3 is 21.5 Å². The van der Waals surface area contributed by atoms with Gasteiger partial charge in [-0.1, -0.05) is 0 Å². The summed E-state index contributed by atoms with van der Waals surface area (Å²) in [5.74, 6) is -0.153. The number of benzene rings is 1. The molecule has 1 fully saturated rings. The second-order valence-electron chi connectivity index (χ2n) is 5.22. The number of carbonyl (C=O) groups excluding carboxylic acids is 2. The number of aliphatic hydroxyl groups is 1. The molecule has 0 spiro atoms. The normalized spacial score (nSPS) is 15.4. The standard InChI is InChI=1S/C14H19N3O3/c15-13(20)17-11-3-1-10(2-4-11)12(19)16-9-14(5-6-14)7-8-18/h1-4,18H,5-9H2,(H,16,19)(H3,15,17,20). The number of primary amides is 1. The second kappa shape index (κ2) is 5.92. The Bertz CT molecular complexity index is 495. The first-order valence-electron chi connectivity index (χ1n) is 6.60. The van der Waals surface area contributed by atoms with Crippen LogP contribution in [0.15, 0.2) is 24.3 Å². The maximum atomic E-state index is 12.0. The Morgan fingerprint density at radius 2 is 1.90 bits per heavy atom. The van der Waals surface area contributed by atoms with Crippen LogP contribution in [0.3, 0.4) is 0 Å². The van der Waals surface area contributed by atoms with Gasteiger partial charge in [0.2, 0.25) is 0 Å². The highest BCUT2D eigenvalue weighted by Gasteiger charge is 2.41. The quantitative estimate of drug-likeness (QED) is 0.625. The number of nitrogens with two attached hydrogens (primary N) is 1. The Morgan fingerprint density at radius 1 is 1.25 bits per heavy atom. The molecule has 1 aliphatic rings. The maximum Gasteiger partial charge on any atom is 0.316 e. The van der Waals surface area contributed by atoms with Crippen LogP contribution in [0.25, 0.3) is 0 Å². The van der Waals surface area contributed by atoms with E-state index in [-0.39, 0.29) is 17.9 Å². The molecule has 0 aromatic heterocycles. The summed E-state index contributed by atoms with van der Waals surface area (Å²) >= 11 is 0. The number of carbonyl (C=O) groups is 2. The average molecular weight is 277 g/mol. The lowest BCUT2D eigenvalue weighted by molar-refractivity contribution is 0.0941. The number of aliphatic hydroxyl groups excluding tert-OH is 1. The summed E-state index contributed by atoms with van der Waals surface area (Å²) in [6.45, 7) is 0.747. The van der Waals surface area contributed by atoms with Crippen LogP contribution in [-0.2, 0) is 0 Å². The van der Waals surface area contributed by atoms with Crippen LogP contribution in [-0.4, -0.2) is 30.2 Å². The van der Waals surface area contributed by atoms with Crippen LogP contribution in [0.4, 0.5) is 10.5 Å². The lowest BCUT2D eigenvalue weighted by atomic mass is 10.0. The van der Waals surface area contributed by atoms with Gasteiger partial charge in [-0.2, -0.15) is 0 Å². The van der Waals surface area contributed by atoms with Crippen LogP contribution in [0.1, 0.15) is 29.6 Å². The summed E-state index contributed by atoms with van der Waals surface area (Å²) < 4.78 is 0. The second-order valence-corrected chi connectivity index (χ2v) is 5.22. The number of rotatable bonds is 6. The third-order valence-electron chi connectivity index (χ3n) is 3.64. The van der Waals surface area contributed by atoms with Gasteiger partial charge in [0, 0.05) is 24.4 Å². The largest absolute Gasteiger partial charge is 0.396 e. The van der Waals surface area contributed by atoms with Gasteiger partial charge in [-0.05, 0) is 48.9 Å². The zero-order valence-corrected chi connectivity index (χ0v) is 11.2. The molecule has 1 aliphatic carbocycles. The third kappa shape index (κ3) is 3.71. The molecule has 108 valence electrons. The van der Waals surface area contributed by atoms with Crippen molar-refractivity contribution in [1.29, 1.82) is 0 Å². The van der Waals surface area contributed by atoms with Crippen LogP contribution in [0.5, 0.6) is 0 Å². The van der Waals surface area contributed by atoms with E-state index in [0.717, 1.165) is 19.3 Å². The van der Waals surface area contributed by atoms with Gasteiger partial charge >= 0.3 is 6.03 Å². The summed E-state index contributed by atoms with van der Waals surface area (Å²) in [7, 11) is 0. The van der Waals surface area contributed by atoms with Gasteiger partial charge in [0.05, 0.1) is 0 Å². The first-order chi connectivity index (χ1) is 9.54. The molecule has 1 aromatic carbocycles. The topological polar surface area (TPSA) is 104 Å². The fraction of sp³-hybridized carbons (Fsp3) is 0.429. The van der Waals surface area contributed by atoms with Crippen LogP contribution >= 0.6 is 0 Å². The zero-order chi connectivity index (χ0) is 14.6. The van der Waals surface area contributed by atoms with Crippen molar-refractivity contribution in [2.45, 2.75) is 19.3 Å². The summed E-state index contributed by atoms with van der Waals surface area (Å²) in [4.78, 5) is 22.7. The first kappa shape index (κ1) is 14.3. The fourth-order valence-corrected chi connectivity index (χ4v) is 2.15. The summed E-state index contributed by atoms with van der Waals surface area (Å²) in [5, 5.41) is 14.3. The van der Waals surface area contributed by atoms with Crippen molar-refractivity contribution in [2.24, 2.45) is 11.1 Å². The minimum atomic E-state index is -0.637. The third-order valence-corrected chi connectivity index (χ3v) is 3.64. The Balaban J connectivity index is 1.88. The smallest absolute Gasteiger partial charge is 0.316 e. The van der Waals surface area contributed by atoms with Crippen LogP contribution in [0.2, 0.25) is 0 Å². The highest BCUT2D eigenvalue weighted by molar-refractivity contribution is 5.95. The van der Waals surface area contributed by atoms with Crippen molar-refractivity contribution in [3.05, 3.63) is 29.8 Å². The van der Waals surface area contributed by atoms with Crippen molar-refractivity contribution >= 4 is 17.6 Å². The molecule has 0 heterocycles. The number of anilines is 1. The molecular formula is C14H19N3O3. The number of hydrogen-bond donors (Lipinski definition) is 4. The summed E-state index contributed by atoms with van der Waals surface area (Å²) in [5.41, 5.74) is 6.18. The highest BCUT2D eigenvalue weighted by atomic mass is 16.3. The molecule has 0 aliphatic heterocycles. The molecule has 20 heavy (non-hydrogen) atoms. The van der Waals surface area contributed by atoms with Gasteiger partial charge in [-0.3, -0.25) is 4.79 Å². The molecule has 1 aromatic rings. The van der Waals surface area contributed by atoms with Crippen molar-refractivity contribution in [1.82, 2.24) is 5.32 Å². The monoisotopic (exact) mass is 277 g/mol. The van der Waals surface area contributed by atoms with Gasteiger partial charge in [0.25, 0.3) is 5.91 Å². The Hall–Kier alpha value is -2.08. The Morgan fingerprint density at radius 3 is 2.40 bits per heavy atom. The van der Waals surface area contributed by atoms with Gasteiger partial charge in [-0.15, -0.1) is 0 Å². The molecule has 0 atom stereocenters. The van der Waals surface area contributed by atoms with Gasteiger partial charge in [0.15, 0.2) is 0 Å². The molecule has 0 bridgehead atoms. The maximum absolute atomic E-state index is 12.0. The molecular weight excluding hydrogens is 258 g/mol. The minimum absolute atomic E-state index is 0.0951. The summed E-state index contributed by atoms with van der Waals surface area (Å²) in [6.07, 6.45) is 2.83. The molecule has 2 rings (SSSR count). The molecule has 6 heteroatoms. The van der Waals surface area contributed by atoms with Crippen LogP contribution in [0, 0.1) is 5.41 Å². The molecule has 0 radical (unpaired) electrons. The SMILES string of the molecule is NC(=O)Nc1ccc(C(=O)NCC2(CCO)CC2)cc1. The van der Waals surface area contributed by atoms with Crippen molar-refractivity contribution in [3.8, 4) is 0 Å². The number of urea groups is 1. The lowest BCUT2D eigenvalue weighted by Gasteiger charge is -2.14. The summed E-state index contributed by atoms with van der Waals surface area (Å²) in [6, 6.07) is 5.88. The highest BCUT2D eigenvalue weighted by Crippen LogP contribution is 2.47. The molecule has 5 N–H and O–H groups in total. The van der Waals surface area contributed by atoms with E-state index in [1.54, 1.807) is 24.3 Å². The van der Waals surface area contributed by atoms with Crippen molar-refractivity contribution in [3.63, 3.8) is 0 Å². The lowest BCUT2D eigenvalue weighted by Crippen LogP contribution is -2.30. The van der Waals surface area contributed by atoms with Crippen molar-refractivity contribution < 1.29 is 14.7 Å².